The Morgan fingerprint density at radius 2 is 1.90 bits per heavy atom. The largest absolute Gasteiger partial charge is 0.491 e. The Morgan fingerprint density at radius 1 is 1.10 bits per heavy atom. The fourth-order valence-electron chi connectivity index (χ4n) is 3.76. The van der Waals surface area contributed by atoms with Gasteiger partial charge in [0.25, 0.3) is 0 Å². The summed E-state index contributed by atoms with van der Waals surface area (Å²) in [6.45, 7) is 5.57. The third-order valence-electron chi connectivity index (χ3n) is 5.16. The number of carbonyl (C=O) groups excluding carboxylic acids is 1. The molecular weight excluding hydrogens is 364 g/mol. The summed E-state index contributed by atoms with van der Waals surface area (Å²) < 4.78 is 5.71. The van der Waals surface area contributed by atoms with Gasteiger partial charge in [-0.25, -0.2) is 9.97 Å². The molecule has 2 heterocycles. The van der Waals surface area contributed by atoms with Crippen molar-refractivity contribution in [3.05, 3.63) is 54.9 Å². The summed E-state index contributed by atoms with van der Waals surface area (Å²) in [7, 11) is 0. The van der Waals surface area contributed by atoms with Crippen LogP contribution in [0.2, 0.25) is 0 Å². The normalized spacial score (nSPS) is 14.9. The maximum absolute atomic E-state index is 12.8. The number of piperidine rings is 1. The molecule has 3 aromatic rings. The molecule has 1 amide bonds. The molecule has 6 heteroatoms. The summed E-state index contributed by atoms with van der Waals surface area (Å²) in [4.78, 5) is 23.9. The first kappa shape index (κ1) is 19.2. The van der Waals surface area contributed by atoms with Crippen LogP contribution in [-0.4, -0.2) is 35.1 Å². The zero-order chi connectivity index (χ0) is 20.2. The van der Waals surface area contributed by atoms with Gasteiger partial charge in [0.05, 0.1) is 11.6 Å². The highest BCUT2D eigenvalue weighted by atomic mass is 16.5. The van der Waals surface area contributed by atoms with E-state index in [4.69, 9.17) is 4.74 Å². The van der Waals surface area contributed by atoms with Crippen molar-refractivity contribution in [2.45, 2.75) is 32.8 Å². The van der Waals surface area contributed by atoms with Gasteiger partial charge in [-0.1, -0.05) is 18.2 Å². The van der Waals surface area contributed by atoms with Crippen LogP contribution in [0.3, 0.4) is 0 Å². The van der Waals surface area contributed by atoms with E-state index in [2.05, 4.69) is 26.3 Å². The van der Waals surface area contributed by atoms with Gasteiger partial charge in [0.2, 0.25) is 5.91 Å². The Morgan fingerprint density at radius 3 is 2.69 bits per heavy atom. The second kappa shape index (κ2) is 8.47. The first-order chi connectivity index (χ1) is 14.1. The van der Waals surface area contributed by atoms with Gasteiger partial charge in [0.1, 0.15) is 17.9 Å². The first-order valence-corrected chi connectivity index (χ1v) is 10.1. The van der Waals surface area contributed by atoms with Gasteiger partial charge in [0, 0.05) is 36.1 Å². The minimum absolute atomic E-state index is 0.00553. The average Bonchev–Trinajstić information content (AvgIpc) is 2.73. The maximum Gasteiger partial charge on any atom is 0.227 e. The molecule has 0 saturated carbocycles. The van der Waals surface area contributed by atoms with Crippen molar-refractivity contribution in [3.8, 4) is 5.75 Å². The molecule has 0 aliphatic carbocycles. The van der Waals surface area contributed by atoms with E-state index in [1.807, 2.05) is 56.3 Å². The van der Waals surface area contributed by atoms with Gasteiger partial charge in [-0.05, 0) is 51.0 Å². The van der Waals surface area contributed by atoms with Crippen LogP contribution in [-0.2, 0) is 4.79 Å². The molecule has 6 nitrogen and oxygen atoms in total. The summed E-state index contributed by atoms with van der Waals surface area (Å²) in [5, 5.41) is 4.10. The van der Waals surface area contributed by atoms with Gasteiger partial charge in [-0.3, -0.25) is 4.79 Å². The zero-order valence-electron chi connectivity index (χ0n) is 16.8. The van der Waals surface area contributed by atoms with Gasteiger partial charge < -0.3 is 15.0 Å². The number of benzene rings is 2. The summed E-state index contributed by atoms with van der Waals surface area (Å²) >= 11 is 0. The fourth-order valence-corrected chi connectivity index (χ4v) is 3.76. The number of amides is 1. The summed E-state index contributed by atoms with van der Waals surface area (Å²) in [6.07, 6.45) is 3.31. The minimum Gasteiger partial charge on any atom is -0.491 e. The zero-order valence-corrected chi connectivity index (χ0v) is 16.8. The van der Waals surface area contributed by atoms with Crippen molar-refractivity contribution in [1.29, 1.82) is 0 Å². The summed E-state index contributed by atoms with van der Waals surface area (Å²) in [5.41, 5.74) is 1.72. The lowest BCUT2D eigenvalue weighted by atomic mass is 9.95. The molecule has 1 fully saturated rings. The molecule has 1 aromatic heterocycles. The highest BCUT2D eigenvalue weighted by Gasteiger charge is 2.26. The number of hydrogen-bond donors (Lipinski definition) is 1. The van der Waals surface area contributed by atoms with E-state index in [-0.39, 0.29) is 17.9 Å². The molecule has 4 rings (SSSR count). The number of aromatic nitrogens is 2. The summed E-state index contributed by atoms with van der Waals surface area (Å²) in [6, 6.07) is 15.6. The van der Waals surface area contributed by atoms with E-state index in [0.29, 0.717) is 0 Å². The van der Waals surface area contributed by atoms with Gasteiger partial charge in [-0.2, -0.15) is 0 Å². The summed E-state index contributed by atoms with van der Waals surface area (Å²) in [5.74, 6) is 1.78. The number of anilines is 2. The van der Waals surface area contributed by atoms with Crippen LogP contribution in [0.5, 0.6) is 5.75 Å². The Kier molecular flexibility index (Phi) is 5.60. The third-order valence-corrected chi connectivity index (χ3v) is 5.16. The molecule has 1 aliphatic rings. The first-order valence-electron chi connectivity index (χ1n) is 10.1. The number of nitrogens with zero attached hydrogens (tertiary/aromatic N) is 3. The Balaban J connectivity index is 1.39. The molecule has 1 saturated heterocycles. The van der Waals surface area contributed by atoms with Crippen molar-refractivity contribution in [2.75, 3.05) is 23.3 Å². The second-order valence-corrected chi connectivity index (χ2v) is 7.66. The van der Waals surface area contributed by atoms with Crippen molar-refractivity contribution in [3.63, 3.8) is 0 Å². The van der Waals surface area contributed by atoms with Gasteiger partial charge in [0.15, 0.2) is 0 Å². The molecule has 2 aromatic carbocycles. The molecule has 0 unspecified atom stereocenters. The van der Waals surface area contributed by atoms with E-state index >= 15 is 0 Å². The number of nitrogens with one attached hydrogen (secondary N) is 1. The van der Waals surface area contributed by atoms with E-state index in [9.17, 15) is 4.79 Å². The number of para-hydroxylation sites is 1. The highest BCUT2D eigenvalue weighted by molar-refractivity contribution is 5.93. The molecule has 0 atom stereocenters. The van der Waals surface area contributed by atoms with Crippen molar-refractivity contribution >= 4 is 28.3 Å². The molecule has 1 N–H and O–H groups in total. The SMILES string of the molecule is CC(C)Oc1cccc(NC(=O)C2CCN(c3ncnc4ccccc34)CC2)c1. The van der Waals surface area contributed by atoms with Crippen LogP contribution in [0.4, 0.5) is 11.5 Å². The topological polar surface area (TPSA) is 67.3 Å². The van der Waals surface area contributed by atoms with Gasteiger partial charge in [-0.15, -0.1) is 0 Å². The number of ether oxygens (including phenoxy) is 1. The van der Waals surface area contributed by atoms with Gasteiger partial charge >= 0.3 is 0 Å². The van der Waals surface area contributed by atoms with E-state index in [1.54, 1.807) is 6.33 Å². The standard InChI is InChI=1S/C23H26N4O2/c1-16(2)29-19-7-5-6-18(14-19)26-23(28)17-10-12-27(13-11-17)22-20-8-3-4-9-21(20)24-15-25-22/h3-9,14-17H,10-13H2,1-2H3,(H,26,28). The molecule has 0 bridgehead atoms. The average molecular weight is 390 g/mol. The molecule has 0 radical (unpaired) electrons. The highest BCUT2D eigenvalue weighted by Crippen LogP contribution is 2.28. The van der Waals surface area contributed by atoms with Crippen LogP contribution in [0.15, 0.2) is 54.9 Å². The Bertz CT molecular complexity index is 992. The maximum atomic E-state index is 12.8. The smallest absolute Gasteiger partial charge is 0.227 e. The lowest BCUT2D eigenvalue weighted by molar-refractivity contribution is -0.120. The monoisotopic (exact) mass is 390 g/mol. The number of fused-ring (bicyclic) bond motifs is 1. The van der Waals surface area contributed by atoms with Crippen LogP contribution in [0.25, 0.3) is 10.9 Å². The van der Waals surface area contributed by atoms with Crippen LogP contribution < -0.4 is 15.0 Å². The van der Waals surface area contributed by atoms with E-state index in [1.165, 1.54) is 0 Å². The lowest BCUT2D eigenvalue weighted by Crippen LogP contribution is -2.38. The van der Waals surface area contributed by atoms with Crippen molar-refractivity contribution < 1.29 is 9.53 Å². The minimum atomic E-state index is -0.00553. The van der Waals surface area contributed by atoms with Crippen LogP contribution in [0.1, 0.15) is 26.7 Å². The quantitative estimate of drug-likeness (QED) is 0.705. The second-order valence-electron chi connectivity index (χ2n) is 7.66. The van der Waals surface area contributed by atoms with Crippen LogP contribution in [0, 0.1) is 5.92 Å². The third kappa shape index (κ3) is 4.47. The molecule has 29 heavy (non-hydrogen) atoms. The molecular formula is C23H26N4O2. The predicted octanol–water partition coefficient (Wildman–Crippen LogP) is 4.27. The Hall–Kier alpha value is -3.15. The van der Waals surface area contributed by atoms with Crippen molar-refractivity contribution in [1.82, 2.24) is 9.97 Å². The predicted molar refractivity (Wildman–Crippen MR) is 115 cm³/mol. The number of hydrogen-bond acceptors (Lipinski definition) is 5. The molecule has 0 spiro atoms. The molecule has 1 aliphatic heterocycles. The fraction of sp³-hybridized carbons (Fsp3) is 0.348. The molecule has 150 valence electrons. The van der Waals surface area contributed by atoms with Crippen molar-refractivity contribution in [2.24, 2.45) is 5.92 Å². The Labute approximate surface area is 170 Å². The van der Waals surface area contributed by atoms with E-state index < -0.39 is 0 Å². The number of carbonyl (C=O) groups is 1. The van der Waals surface area contributed by atoms with E-state index in [0.717, 1.165) is 54.1 Å². The lowest BCUT2D eigenvalue weighted by Gasteiger charge is -2.32. The number of rotatable bonds is 5. The van der Waals surface area contributed by atoms with Crippen LogP contribution >= 0.6 is 0 Å².